The highest BCUT2D eigenvalue weighted by Gasteiger charge is 2.39. The number of nitrogens with one attached hydrogen (secondary N) is 1. The first-order chi connectivity index (χ1) is 6.43. The highest BCUT2D eigenvalue weighted by atomic mass is 32.1. The molecule has 0 aliphatic rings. The van der Waals surface area contributed by atoms with Gasteiger partial charge in [0.2, 0.25) is 5.13 Å². The van der Waals surface area contributed by atoms with Gasteiger partial charge in [-0.25, -0.2) is 0 Å². The van der Waals surface area contributed by atoms with Crippen LogP contribution < -0.4 is 5.32 Å². The molecule has 1 aromatic heterocycles. The Morgan fingerprint density at radius 2 is 2.14 bits per heavy atom. The summed E-state index contributed by atoms with van der Waals surface area (Å²) in [5.41, 5.74) is 0. The second-order valence-corrected chi connectivity index (χ2v) is 3.37. The predicted octanol–water partition coefficient (Wildman–Crippen LogP) is 1.60. The molecule has 0 unspecified atom stereocenters. The van der Waals surface area contributed by atoms with Crippen LogP contribution in [-0.2, 0) is 11.2 Å². The van der Waals surface area contributed by atoms with Crippen molar-refractivity contribution in [3.8, 4) is 0 Å². The third-order valence-corrected chi connectivity index (χ3v) is 2.23. The fourth-order valence-corrected chi connectivity index (χ4v) is 1.29. The van der Waals surface area contributed by atoms with Crippen LogP contribution in [0.4, 0.5) is 18.3 Å². The molecule has 0 aliphatic carbocycles. The Bertz CT molecular complexity index is 335. The van der Waals surface area contributed by atoms with Gasteiger partial charge in [0, 0.05) is 0 Å². The first kappa shape index (κ1) is 10.9. The Morgan fingerprint density at radius 1 is 1.50 bits per heavy atom. The second-order valence-electron chi connectivity index (χ2n) is 2.31. The van der Waals surface area contributed by atoms with E-state index in [0.29, 0.717) is 11.4 Å². The minimum absolute atomic E-state index is 0.135. The number of aryl methyl sites for hydroxylation is 1. The van der Waals surface area contributed by atoms with Crippen molar-refractivity contribution >= 4 is 22.4 Å². The summed E-state index contributed by atoms with van der Waals surface area (Å²) in [6.45, 7) is 1.79. The molecule has 0 spiro atoms. The van der Waals surface area contributed by atoms with Gasteiger partial charge in [-0.2, -0.15) is 13.2 Å². The van der Waals surface area contributed by atoms with E-state index in [9.17, 15) is 18.0 Å². The van der Waals surface area contributed by atoms with Crippen LogP contribution in [0.3, 0.4) is 0 Å². The maximum absolute atomic E-state index is 11.8. The van der Waals surface area contributed by atoms with Crippen molar-refractivity contribution in [2.75, 3.05) is 5.32 Å². The van der Waals surface area contributed by atoms with Crippen molar-refractivity contribution < 1.29 is 18.0 Å². The van der Waals surface area contributed by atoms with Gasteiger partial charge in [0.15, 0.2) is 0 Å². The minimum Gasteiger partial charge on any atom is -0.293 e. The predicted molar refractivity (Wildman–Crippen MR) is 44.0 cm³/mol. The first-order valence-corrected chi connectivity index (χ1v) is 4.45. The number of hydrogen-bond donors (Lipinski definition) is 1. The Hall–Kier alpha value is -1.18. The van der Waals surface area contributed by atoms with E-state index in [-0.39, 0.29) is 5.13 Å². The van der Waals surface area contributed by atoms with E-state index in [2.05, 4.69) is 10.2 Å². The summed E-state index contributed by atoms with van der Waals surface area (Å²) in [7, 11) is 0. The lowest BCUT2D eigenvalue weighted by Gasteiger charge is -2.03. The number of nitrogens with zero attached hydrogens (tertiary/aromatic N) is 2. The van der Waals surface area contributed by atoms with Crippen molar-refractivity contribution in [1.82, 2.24) is 10.2 Å². The third kappa shape index (κ3) is 2.66. The normalized spacial score (nSPS) is 11.4. The van der Waals surface area contributed by atoms with Crippen LogP contribution in [0.25, 0.3) is 0 Å². The van der Waals surface area contributed by atoms with Crippen molar-refractivity contribution in [3.05, 3.63) is 5.01 Å². The van der Waals surface area contributed by atoms with Gasteiger partial charge in [-0.15, -0.1) is 10.2 Å². The van der Waals surface area contributed by atoms with Gasteiger partial charge in [-0.3, -0.25) is 10.1 Å². The van der Waals surface area contributed by atoms with Crippen molar-refractivity contribution in [1.29, 1.82) is 0 Å². The number of hydrogen-bond acceptors (Lipinski definition) is 4. The summed E-state index contributed by atoms with van der Waals surface area (Å²) in [6.07, 6.45) is -4.32. The average molecular weight is 225 g/mol. The first-order valence-electron chi connectivity index (χ1n) is 3.64. The Balaban J connectivity index is 2.65. The van der Waals surface area contributed by atoms with Crippen LogP contribution in [0.5, 0.6) is 0 Å². The molecule has 8 heteroatoms. The van der Waals surface area contributed by atoms with Crippen molar-refractivity contribution in [2.45, 2.75) is 19.5 Å². The van der Waals surface area contributed by atoms with Crippen LogP contribution in [0.15, 0.2) is 0 Å². The van der Waals surface area contributed by atoms with Crippen LogP contribution in [0, 0.1) is 0 Å². The molecule has 4 nitrogen and oxygen atoms in total. The molecule has 0 saturated carbocycles. The van der Waals surface area contributed by atoms with Gasteiger partial charge >= 0.3 is 12.1 Å². The number of amides is 1. The maximum atomic E-state index is 11.8. The van der Waals surface area contributed by atoms with Crippen molar-refractivity contribution in [3.63, 3.8) is 0 Å². The second kappa shape index (κ2) is 3.91. The van der Waals surface area contributed by atoms with Crippen LogP contribution in [0.1, 0.15) is 11.9 Å². The van der Waals surface area contributed by atoms with E-state index in [1.807, 2.05) is 0 Å². The zero-order valence-corrected chi connectivity index (χ0v) is 7.87. The largest absolute Gasteiger partial charge is 0.471 e. The van der Waals surface area contributed by atoms with Gasteiger partial charge in [-0.05, 0) is 6.42 Å². The lowest BCUT2D eigenvalue weighted by atomic mass is 10.5. The fourth-order valence-electron chi connectivity index (χ4n) is 0.615. The molecule has 1 N–H and O–H groups in total. The van der Waals surface area contributed by atoms with Crippen molar-refractivity contribution in [2.24, 2.45) is 0 Å². The molecule has 0 fully saturated rings. The molecule has 1 amide bonds. The fraction of sp³-hybridized carbons (Fsp3) is 0.500. The lowest BCUT2D eigenvalue weighted by molar-refractivity contribution is -0.167. The number of alkyl halides is 3. The Morgan fingerprint density at radius 3 is 2.57 bits per heavy atom. The van der Waals surface area contributed by atoms with E-state index in [0.717, 1.165) is 11.3 Å². The quantitative estimate of drug-likeness (QED) is 0.831. The summed E-state index contributed by atoms with van der Waals surface area (Å²) in [4.78, 5) is 10.4. The highest BCUT2D eigenvalue weighted by molar-refractivity contribution is 7.15. The molecule has 14 heavy (non-hydrogen) atoms. The number of halogens is 3. The molecule has 78 valence electrons. The van der Waals surface area contributed by atoms with Crippen LogP contribution in [0.2, 0.25) is 0 Å². The van der Waals surface area contributed by atoms with Gasteiger partial charge < -0.3 is 0 Å². The standard InChI is InChI=1S/C6H6F3N3OS/c1-2-3-11-12-5(14-3)10-4(13)6(7,8)9/h2H2,1H3,(H,10,12,13). The van der Waals surface area contributed by atoms with E-state index in [1.54, 1.807) is 12.2 Å². The van der Waals surface area contributed by atoms with E-state index < -0.39 is 12.1 Å². The van der Waals surface area contributed by atoms with Crippen LogP contribution >= 0.6 is 11.3 Å². The van der Waals surface area contributed by atoms with E-state index in [1.165, 1.54) is 0 Å². The minimum atomic E-state index is -4.89. The topological polar surface area (TPSA) is 54.9 Å². The van der Waals surface area contributed by atoms with Gasteiger partial charge in [0.1, 0.15) is 5.01 Å². The molecule has 1 rings (SSSR count). The molecular weight excluding hydrogens is 219 g/mol. The molecule has 0 atom stereocenters. The molecule has 0 radical (unpaired) electrons. The smallest absolute Gasteiger partial charge is 0.293 e. The summed E-state index contributed by atoms with van der Waals surface area (Å²) in [6, 6.07) is 0. The number of carbonyl (C=O) groups is 1. The SMILES string of the molecule is CCc1nnc(NC(=O)C(F)(F)F)s1. The van der Waals surface area contributed by atoms with E-state index in [4.69, 9.17) is 0 Å². The zero-order valence-electron chi connectivity index (χ0n) is 7.05. The summed E-state index contributed by atoms with van der Waals surface area (Å²) in [5, 5.41) is 8.99. The summed E-state index contributed by atoms with van der Waals surface area (Å²) in [5.74, 6) is -2.03. The number of rotatable bonds is 2. The Labute approximate surface area is 81.1 Å². The summed E-state index contributed by atoms with van der Waals surface area (Å²) < 4.78 is 35.3. The molecular formula is C6H6F3N3OS. The molecule has 0 saturated heterocycles. The monoisotopic (exact) mass is 225 g/mol. The summed E-state index contributed by atoms with van der Waals surface area (Å²) >= 11 is 0.923. The number of anilines is 1. The zero-order chi connectivity index (χ0) is 10.8. The van der Waals surface area contributed by atoms with Crippen LogP contribution in [-0.4, -0.2) is 22.3 Å². The van der Waals surface area contributed by atoms with Gasteiger partial charge in [0.05, 0.1) is 0 Å². The van der Waals surface area contributed by atoms with E-state index >= 15 is 0 Å². The Kier molecular flexibility index (Phi) is 3.04. The molecule has 1 heterocycles. The average Bonchev–Trinajstić information content (AvgIpc) is 2.50. The highest BCUT2D eigenvalue weighted by Crippen LogP contribution is 2.20. The lowest BCUT2D eigenvalue weighted by Crippen LogP contribution is -2.29. The van der Waals surface area contributed by atoms with Gasteiger partial charge in [0.25, 0.3) is 0 Å². The third-order valence-electron chi connectivity index (χ3n) is 1.25. The number of aromatic nitrogens is 2. The maximum Gasteiger partial charge on any atom is 0.471 e. The molecule has 0 bridgehead atoms. The number of carbonyl (C=O) groups excluding carboxylic acids is 1. The molecule has 1 aromatic rings. The molecule has 0 aromatic carbocycles. The molecule has 0 aliphatic heterocycles. The van der Waals surface area contributed by atoms with Gasteiger partial charge in [-0.1, -0.05) is 18.3 Å².